The molecular weight excluding hydrogens is 304 g/mol. The number of hydrogen-bond acceptors (Lipinski definition) is 5. The SMILES string of the molecule is O=C(COC(=O)c1cc2ccccc2s1)NC(=O)NC1CC1. The molecule has 0 saturated heterocycles. The lowest BCUT2D eigenvalue weighted by Crippen LogP contribution is -2.42. The molecule has 114 valence electrons. The van der Waals surface area contributed by atoms with Crippen molar-refractivity contribution in [1.82, 2.24) is 10.6 Å². The van der Waals surface area contributed by atoms with E-state index in [4.69, 9.17) is 4.74 Å². The fraction of sp³-hybridized carbons (Fsp3) is 0.267. The van der Waals surface area contributed by atoms with Gasteiger partial charge in [-0.15, -0.1) is 11.3 Å². The number of amides is 3. The van der Waals surface area contributed by atoms with Crippen LogP contribution in [0.3, 0.4) is 0 Å². The minimum atomic E-state index is -0.646. The van der Waals surface area contributed by atoms with Gasteiger partial charge in [-0.2, -0.15) is 0 Å². The maximum atomic E-state index is 11.9. The van der Waals surface area contributed by atoms with Gasteiger partial charge in [0.25, 0.3) is 5.91 Å². The summed E-state index contributed by atoms with van der Waals surface area (Å²) < 4.78 is 5.90. The standard InChI is InChI=1S/C15H14N2O4S/c18-13(17-15(20)16-10-5-6-10)8-21-14(19)12-7-9-3-1-2-4-11(9)22-12/h1-4,7,10H,5-6,8H2,(H2,16,17,18,20). The van der Waals surface area contributed by atoms with E-state index in [9.17, 15) is 14.4 Å². The number of fused-ring (bicyclic) bond motifs is 1. The number of ether oxygens (including phenoxy) is 1. The summed E-state index contributed by atoms with van der Waals surface area (Å²) in [5.41, 5.74) is 0. The first kappa shape index (κ1) is 14.5. The molecule has 1 aromatic carbocycles. The Bertz CT molecular complexity index is 703. The average molecular weight is 318 g/mol. The van der Waals surface area contributed by atoms with Crippen molar-refractivity contribution in [3.63, 3.8) is 0 Å². The van der Waals surface area contributed by atoms with Gasteiger partial charge in [0.1, 0.15) is 4.88 Å². The number of thiophene rings is 1. The van der Waals surface area contributed by atoms with Crippen molar-refractivity contribution in [2.45, 2.75) is 18.9 Å². The number of carbonyl (C=O) groups is 3. The van der Waals surface area contributed by atoms with Gasteiger partial charge < -0.3 is 10.1 Å². The second-order valence-electron chi connectivity index (χ2n) is 5.02. The molecule has 1 aliphatic rings. The molecule has 0 atom stereocenters. The Kier molecular flexibility index (Phi) is 4.06. The van der Waals surface area contributed by atoms with Crippen molar-refractivity contribution in [3.05, 3.63) is 35.2 Å². The zero-order valence-corrected chi connectivity index (χ0v) is 12.4. The molecule has 0 spiro atoms. The average Bonchev–Trinajstić information content (AvgIpc) is 3.18. The van der Waals surface area contributed by atoms with Gasteiger partial charge in [-0.1, -0.05) is 18.2 Å². The second-order valence-corrected chi connectivity index (χ2v) is 6.10. The van der Waals surface area contributed by atoms with E-state index in [2.05, 4.69) is 10.6 Å². The summed E-state index contributed by atoms with van der Waals surface area (Å²) in [6.45, 7) is -0.481. The highest BCUT2D eigenvalue weighted by Crippen LogP contribution is 2.25. The molecular formula is C15H14N2O4S. The predicted octanol–water partition coefficient (Wildman–Crippen LogP) is 2.05. The Balaban J connectivity index is 1.50. The Hall–Kier alpha value is -2.41. The molecule has 22 heavy (non-hydrogen) atoms. The normalized spacial score (nSPS) is 13.6. The minimum Gasteiger partial charge on any atom is -0.451 e. The highest BCUT2D eigenvalue weighted by atomic mass is 32.1. The summed E-state index contributed by atoms with van der Waals surface area (Å²) in [7, 11) is 0. The van der Waals surface area contributed by atoms with Gasteiger partial charge in [-0.25, -0.2) is 9.59 Å². The first-order valence-corrected chi connectivity index (χ1v) is 7.69. The lowest BCUT2D eigenvalue weighted by atomic mass is 10.2. The molecule has 2 N–H and O–H groups in total. The highest BCUT2D eigenvalue weighted by Gasteiger charge is 2.24. The third-order valence-electron chi connectivity index (χ3n) is 3.13. The molecule has 0 unspecified atom stereocenters. The zero-order chi connectivity index (χ0) is 15.5. The van der Waals surface area contributed by atoms with Gasteiger partial charge in [0.05, 0.1) is 0 Å². The minimum absolute atomic E-state index is 0.161. The molecule has 0 bridgehead atoms. The molecule has 1 saturated carbocycles. The van der Waals surface area contributed by atoms with E-state index in [0.29, 0.717) is 4.88 Å². The number of urea groups is 1. The van der Waals surface area contributed by atoms with Crippen molar-refractivity contribution in [2.24, 2.45) is 0 Å². The van der Waals surface area contributed by atoms with Gasteiger partial charge in [0.15, 0.2) is 6.61 Å². The van der Waals surface area contributed by atoms with Crippen molar-refractivity contribution in [1.29, 1.82) is 0 Å². The van der Waals surface area contributed by atoms with Crippen LogP contribution in [-0.2, 0) is 9.53 Å². The highest BCUT2D eigenvalue weighted by molar-refractivity contribution is 7.20. The second kappa shape index (κ2) is 6.15. The van der Waals surface area contributed by atoms with Crippen LogP contribution in [0, 0.1) is 0 Å². The van der Waals surface area contributed by atoms with Crippen LogP contribution in [0.1, 0.15) is 22.5 Å². The van der Waals surface area contributed by atoms with Gasteiger partial charge >= 0.3 is 12.0 Å². The zero-order valence-electron chi connectivity index (χ0n) is 11.6. The van der Waals surface area contributed by atoms with Crippen LogP contribution in [0.25, 0.3) is 10.1 Å². The Morgan fingerprint density at radius 2 is 2.00 bits per heavy atom. The summed E-state index contributed by atoms with van der Waals surface area (Å²) >= 11 is 1.30. The smallest absolute Gasteiger partial charge is 0.348 e. The monoisotopic (exact) mass is 318 g/mol. The Labute approximate surface area is 130 Å². The van der Waals surface area contributed by atoms with E-state index in [0.717, 1.165) is 22.9 Å². The molecule has 2 aromatic rings. The van der Waals surface area contributed by atoms with Crippen LogP contribution in [0.2, 0.25) is 0 Å². The molecule has 7 heteroatoms. The first-order valence-electron chi connectivity index (χ1n) is 6.88. The molecule has 3 amide bonds. The van der Waals surface area contributed by atoms with Crippen molar-refractivity contribution >= 4 is 39.3 Å². The molecule has 0 aliphatic heterocycles. The van der Waals surface area contributed by atoms with Crippen LogP contribution in [0.5, 0.6) is 0 Å². The van der Waals surface area contributed by atoms with E-state index >= 15 is 0 Å². The summed E-state index contributed by atoms with van der Waals surface area (Å²) in [5, 5.41) is 5.69. The third kappa shape index (κ3) is 3.62. The molecule has 0 radical (unpaired) electrons. The third-order valence-corrected chi connectivity index (χ3v) is 4.22. The number of hydrogen-bond donors (Lipinski definition) is 2. The number of nitrogens with one attached hydrogen (secondary N) is 2. The molecule has 1 fully saturated rings. The number of benzene rings is 1. The van der Waals surface area contributed by atoms with Crippen molar-refractivity contribution in [2.75, 3.05) is 6.61 Å². The predicted molar refractivity (Wildman–Crippen MR) is 81.8 cm³/mol. The Morgan fingerprint density at radius 1 is 1.23 bits per heavy atom. The van der Waals surface area contributed by atoms with Gasteiger partial charge in [0, 0.05) is 10.7 Å². The van der Waals surface area contributed by atoms with Gasteiger partial charge in [-0.05, 0) is 30.4 Å². The van der Waals surface area contributed by atoms with Crippen molar-refractivity contribution < 1.29 is 19.1 Å². The van der Waals surface area contributed by atoms with Crippen LogP contribution < -0.4 is 10.6 Å². The number of rotatable bonds is 4. The maximum absolute atomic E-state index is 11.9. The molecule has 3 rings (SSSR count). The summed E-state index contributed by atoms with van der Waals surface area (Å²) in [6, 6.07) is 8.92. The lowest BCUT2D eigenvalue weighted by Gasteiger charge is -2.05. The number of imide groups is 1. The molecule has 1 aromatic heterocycles. The van der Waals surface area contributed by atoms with Crippen LogP contribution in [0.4, 0.5) is 4.79 Å². The van der Waals surface area contributed by atoms with E-state index in [-0.39, 0.29) is 6.04 Å². The number of carbonyl (C=O) groups excluding carboxylic acids is 3. The summed E-state index contributed by atoms with van der Waals surface area (Å²) in [4.78, 5) is 35.2. The lowest BCUT2D eigenvalue weighted by molar-refractivity contribution is -0.123. The fourth-order valence-corrected chi connectivity index (χ4v) is 2.85. The maximum Gasteiger partial charge on any atom is 0.348 e. The van der Waals surface area contributed by atoms with Crippen molar-refractivity contribution in [3.8, 4) is 0 Å². The van der Waals surface area contributed by atoms with E-state index in [1.165, 1.54) is 11.3 Å². The largest absolute Gasteiger partial charge is 0.451 e. The quantitative estimate of drug-likeness (QED) is 0.845. The Morgan fingerprint density at radius 3 is 2.73 bits per heavy atom. The molecule has 6 nitrogen and oxygen atoms in total. The topological polar surface area (TPSA) is 84.5 Å². The van der Waals surface area contributed by atoms with Crippen LogP contribution >= 0.6 is 11.3 Å². The summed E-state index contributed by atoms with van der Waals surface area (Å²) in [6.07, 6.45) is 1.87. The molecule has 1 aliphatic carbocycles. The van der Waals surface area contributed by atoms with Crippen LogP contribution in [0.15, 0.2) is 30.3 Å². The van der Waals surface area contributed by atoms with Gasteiger partial charge in [0.2, 0.25) is 0 Å². The van der Waals surface area contributed by atoms with E-state index < -0.39 is 24.5 Å². The van der Waals surface area contributed by atoms with Gasteiger partial charge in [-0.3, -0.25) is 10.1 Å². The number of esters is 1. The van der Waals surface area contributed by atoms with E-state index in [1.54, 1.807) is 6.07 Å². The first-order chi connectivity index (χ1) is 10.6. The fourth-order valence-electron chi connectivity index (χ4n) is 1.90. The van der Waals surface area contributed by atoms with E-state index in [1.807, 2.05) is 24.3 Å². The van der Waals surface area contributed by atoms with Crippen LogP contribution in [-0.4, -0.2) is 30.6 Å². The summed E-state index contributed by atoms with van der Waals surface area (Å²) in [5.74, 6) is -1.22. The molecule has 1 heterocycles.